The molecule has 1 heterocycles. The van der Waals surface area contributed by atoms with Gasteiger partial charge in [0.2, 0.25) is 0 Å². The van der Waals surface area contributed by atoms with Crippen LogP contribution in [0.4, 0.5) is 0 Å². The number of imidazole rings is 1. The molecule has 4 heteroatoms. The quantitative estimate of drug-likeness (QED) is 0.766. The highest BCUT2D eigenvalue weighted by Crippen LogP contribution is 2.22. The smallest absolute Gasteiger partial charge is 0.121 e. The van der Waals surface area contributed by atoms with Crippen molar-refractivity contribution in [3.63, 3.8) is 0 Å². The van der Waals surface area contributed by atoms with Crippen LogP contribution in [0, 0.1) is 0 Å². The Hall–Kier alpha value is -1.22. The summed E-state index contributed by atoms with van der Waals surface area (Å²) in [7, 11) is 1.66. The summed E-state index contributed by atoms with van der Waals surface area (Å²) < 4.78 is 7.38. The van der Waals surface area contributed by atoms with Crippen molar-refractivity contribution >= 4 is 22.6 Å². The van der Waals surface area contributed by atoms with Gasteiger partial charge in [-0.15, -0.1) is 11.6 Å². The van der Waals surface area contributed by atoms with Crippen LogP contribution in [-0.2, 0) is 13.0 Å². The summed E-state index contributed by atoms with van der Waals surface area (Å²) in [5, 5.41) is 0. The van der Waals surface area contributed by atoms with Crippen LogP contribution in [0.5, 0.6) is 5.75 Å². The number of aryl methyl sites for hydroxylation is 2. The highest BCUT2D eigenvalue weighted by molar-refractivity contribution is 6.17. The van der Waals surface area contributed by atoms with Crippen LogP contribution >= 0.6 is 11.6 Å². The molecule has 1 aromatic heterocycles. The van der Waals surface area contributed by atoms with E-state index >= 15 is 0 Å². The van der Waals surface area contributed by atoms with E-state index in [-0.39, 0.29) is 0 Å². The first kappa shape index (κ1) is 11.3. The summed E-state index contributed by atoms with van der Waals surface area (Å²) in [4.78, 5) is 4.58. The number of ether oxygens (including phenoxy) is 1. The van der Waals surface area contributed by atoms with Gasteiger partial charge in [0.15, 0.2) is 0 Å². The van der Waals surface area contributed by atoms with Crippen LogP contribution in [0.3, 0.4) is 0 Å². The molecule has 0 unspecified atom stereocenters. The number of alkyl halides is 1. The fourth-order valence-electron chi connectivity index (χ4n) is 1.91. The van der Waals surface area contributed by atoms with Gasteiger partial charge in [0, 0.05) is 24.9 Å². The molecule has 0 aliphatic rings. The van der Waals surface area contributed by atoms with Crippen LogP contribution in [0.2, 0.25) is 0 Å². The molecule has 0 N–H and O–H groups in total. The second-order valence-electron chi connectivity index (χ2n) is 3.57. The van der Waals surface area contributed by atoms with E-state index < -0.39 is 0 Å². The minimum atomic E-state index is 0.598. The molecular formula is C12H15ClN2O. The molecule has 0 bridgehead atoms. The first-order valence-corrected chi connectivity index (χ1v) is 5.92. The number of fused-ring (bicyclic) bond motifs is 1. The zero-order chi connectivity index (χ0) is 11.5. The topological polar surface area (TPSA) is 27.1 Å². The van der Waals surface area contributed by atoms with Gasteiger partial charge in [-0.3, -0.25) is 0 Å². The molecule has 2 aromatic rings. The molecule has 3 nitrogen and oxygen atoms in total. The molecule has 16 heavy (non-hydrogen) atoms. The summed E-state index contributed by atoms with van der Waals surface area (Å²) in [5.41, 5.74) is 2.12. The van der Waals surface area contributed by atoms with Gasteiger partial charge < -0.3 is 9.30 Å². The Bertz CT molecular complexity index is 493. The maximum Gasteiger partial charge on any atom is 0.121 e. The van der Waals surface area contributed by atoms with Crippen LogP contribution in [0.1, 0.15) is 12.7 Å². The van der Waals surface area contributed by atoms with Crippen LogP contribution in [-0.4, -0.2) is 22.5 Å². The normalized spacial score (nSPS) is 10.9. The molecular weight excluding hydrogens is 224 g/mol. The number of nitrogens with zero attached hydrogens (tertiary/aromatic N) is 2. The van der Waals surface area contributed by atoms with Crippen molar-refractivity contribution in [2.75, 3.05) is 13.0 Å². The molecule has 0 saturated heterocycles. The Morgan fingerprint density at radius 3 is 2.88 bits per heavy atom. The molecule has 2 rings (SSSR count). The number of methoxy groups -OCH3 is 1. The Kier molecular flexibility index (Phi) is 3.34. The Morgan fingerprint density at radius 2 is 2.25 bits per heavy atom. The van der Waals surface area contributed by atoms with E-state index in [1.54, 1.807) is 7.11 Å². The van der Waals surface area contributed by atoms with Crippen molar-refractivity contribution in [2.24, 2.45) is 0 Å². The van der Waals surface area contributed by atoms with Crippen molar-refractivity contribution < 1.29 is 4.74 Å². The van der Waals surface area contributed by atoms with Crippen molar-refractivity contribution in [1.29, 1.82) is 0 Å². The highest BCUT2D eigenvalue weighted by Gasteiger charge is 2.09. The molecule has 0 saturated carbocycles. The zero-order valence-corrected chi connectivity index (χ0v) is 10.3. The van der Waals surface area contributed by atoms with E-state index in [4.69, 9.17) is 16.3 Å². The lowest BCUT2D eigenvalue weighted by Crippen LogP contribution is -2.02. The van der Waals surface area contributed by atoms with E-state index in [9.17, 15) is 0 Å². The van der Waals surface area contributed by atoms with E-state index in [1.165, 1.54) is 0 Å². The summed E-state index contributed by atoms with van der Waals surface area (Å²) in [6.45, 7) is 3.03. The lowest BCUT2D eigenvalue weighted by atomic mass is 10.3. The SMILES string of the molecule is CCn1c(CCCl)nc2cc(OC)ccc21. The number of benzene rings is 1. The number of aromatic nitrogens is 2. The molecule has 0 radical (unpaired) electrons. The summed E-state index contributed by atoms with van der Waals surface area (Å²) in [5.74, 6) is 2.48. The standard InChI is InChI=1S/C12H15ClN2O/c1-3-15-11-5-4-9(16-2)8-10(11)14-12(15)6-7-13/h4-5,8H,3,6-7H2,1-2H3. The van der Waals surface area contributed by atoms with Gasteiger partial charge in [0.1, 0.15) is 11.6 Å². The third-order valence-electron chi connectivity index (χ3n) is 2.67. The number of halogens is 1. The third kappa shape index (κ3) is 1.87. The van der Waals surface area contributed by atoms with E-state index in [1.807, 2.05) is 18.2 Å². The lowest BCUT2D eigenvalue weighted by Gasteiger charge is -2.04. The molecule has 0 aliphatic carbocycles. The van der Waals surface area contributed by atoms with Gasteiger partial charge in [-0.2, -0.15) is 0 Å². The van der Waals surface area contributed by atoms with Crippen molar-refractivity contribution in [3.8, 4) is 5.75 Å². The summed E-state index contributed by atoms with van der Waals surface area (Å²) in [6, 6.07) is 5.96. The van der Waals surface area contributed by atoms with Gasteiger partial charge in [0.25, 0.3) is 0 Å². The monoisotopic (exact) mass is 238 g/mol. The largest absolute Gasteiger partial charge is 0.497 e. The van der Waals surface area contributed by atoms with Crippen LogP contribution in [0.15, 0.2) is 18.2 Å². The minimum absolute atomic E-state index is 0.598. The van der Waals surface area contributed by atoms with E-state index in [0.717, 1.165) is 35.6 Å². The second-order valence-corrected chi connectivity index (χ2v) is 3.94. The Morgan fingerprint density at radius 1 is 1.44 bits per heavy atom. The highest BCUT2D eigenvalue weighted by atomic mass is 35.5. The molecule has 86 valence electrons. The van der Waals surface area contributed by atoms with Crippen LogP contribution in [0.25, 0.3) is 11.0 Å². The number of hydrogen-bond donors (Lipinski definition) is 0. The van der Waals surface area contributed by atoms with Gasteiger partial charge in [-0.05, 0) is 19.1 Å². The van der Waals surface area contributed by atoms with Gasteiger partial charge in [-0.25, -0.2) is 4.98 Å². The third-order valence-corrected chi connectivity index (χ3v) is 2.86. The summed E-state index contributed by atoms with van der Waals surface area (Å²) in [6.07, 6.45) is 0.798. The first-order chi connectivity index (χ1) is 7.80. The lowest BCUT2D eigenvalue weighted by molar-refractivity contribution is 0.415. The maximum absolute atomic E-state index is 5.77. The van der Waals surface area contributed by atoms with E-state index in [2.05, 4.69) is 16.5 Å². The summed E-state index contributed by atoms with van der Waals surface area (Å²) >= 11 is 5.77. The van der Waals surface area contributed by atoms with Gasteiger partial charge in [0.05, 0.1) is 18.1 Å². The van der Waals surface area contributed by atoms with Gasteiger partial charge >= 0.3 is 0 Å². The zero-order valence-electron chi connectivity index (χ0n) is 9.53. The Labute approximate surface area is 100.0 Å². The molecule has 0 spiro atoms. The number of rotatable bonds is 4. The van der Waals surface area contributed by atoms with Crippen LogP contribution < -0.4 is 4.74 Å². The molecule has 0 amide bonds. The average molecular weight is 239 g/mol. The maximum atomic E-state index is 5.77. The van der Waals surface area contributed by atoms with Gasteiger partial charge in [-0.1, -0.05) is 0 Å². The average Bonchev–Trinajstić information content (AvgIpc) is 2.65. The molecule has 0 atom stereocenters. The first-order valence-electron chi connectivity index (χ1n) is 5.39. The predicted octanol–water partition coefficient (Wildman–Crippen LogP) is 2.85. The fraction of sp³-hybridized carbons (Fsp3) is 0.417. The molecule has 0 aliphatic heterocycles. The Balaban J connectivity index is 2.57. The number of hydrogen-bond acceptors (Lipinski definition) is 2. The fourth-order valence-corrected chi connectivity index (χ4v) is 2.08. The van der Waals surface area contributed by atoms with Crippen molar-refractivity contribution in [1.82, 2.24) is 9.55 Å². The van der Waals surface area contributed by atoms with E-state index in [0.29, 0.717) is 5.88 Å². The van der Waals surface area contributed by atoms with Crippen molar-refractivity contribution in [3.05, 3.63) is 24.0 Å². The molecule has 0 fully saturated rings. The second kappa shape index (κ2) is 4.74. The van der Waals surface area contributed by atoms with Crippen molar-refractivity contribution in [2.45, 2.75) is 19.9 Å². The molecule has 1 aromatic carbocycles. The minimum Gasteiger partial charge on any atom is -0.497 e. The predicted molar refractivity (Wildman–Crippen MR) is 66.4 cm³/mol.